The molecule has 1 fully saturated rings. The molecule has 1 unspecified atom stereocenters. The van der Waals surface area contributed by atoms with Gasteiger partial charge >= 0.3 is 0 Å². The number of aliphatic hydroxyl groups is 1. The minimum Gasteiger partial charge on any atom is -0.393 e. The first kappa shape index (κ1) is 8.02. The van der Waals surface area contributed by atoms with Gasteiger partial charge in [0.05, 0.1) is 6.10 Å². The topological polar surface area (TPSA) is 46.2 Å². The molecule has 0 bridgehead atoms. The van der Waals surface area contributed by atoms with Gasteiger partial charge in [-0.1, -0.05) is 0 Å². The Labute approximate surface area is 62.4 Å². The van der Waals surface area contributed by atoms with Gasteiger partial charge in [0.25, 0.3) is 0 Å². The predicted octanol–water partition coefficient (Wildman–Crippen LogP) is 0.885. The monoisotopic (exact) mass is 143 g/mol. The smallest absolute Gasteiger partial charge is 0.0585 e. The van der Waals surface area contributed by atoms with Crippen LogP contribution in [-0.2, 0) is 0 Å². The first-order chi connectivity index (χ1) is 4.49. The number of hydrogen-bond donors (Lipinski definition) is 2. The standard InChI is InChI=1S/C8H17NO/c1-8(2,9)5-7(10)6-3-4-6/h6-7,10H,3-5,9H2,1-2H3. The zero-order valence-corrected chi connectivity index (χ0v) is 6.80. The Hall–Kier alpha value is -0.0800. The SMILES string of the molecule is CC(C)(N)CC(O)C1CC1. The highest BCUT2D eigenvalue weighted by Crippen LogP contribution is 2.35. The molecule has 1 aliphatic rings. The second kappa shape index (κ2) is 2.51. The molecule has 0 saturated heterocycles. The van der Waals surface area contributed by atoms with Crippen molar-refractivity contribution in [3.05, 3.63) is 0 Å². The van der Waals surface area contributed by atoms with Crippen molar-refractivity contribution in [2.75, 3.05) is 0 Å². The average molecular weight is 143 g/mol. The van der Waals surface area contributed by atoms with Crippen LogP contribution in [0.3, 0.4) is 0 Å². The second-order valence-corrected chi connectivity index (χ2v) is 4.10. The van der Waals surface area contributed by atoms with E-state index in [2.05, 4.69) is 0 Å². The molecule has 0 aromatic rings. The van der Waals surface area contributed by atoms with Crippen molar-refractivity contribution in [1.29, 1.82) is 0 Å². The van der Waals surface area contributed by atoms with E-state index in [-0.39, 0.29) is 11.6 Å². The van der Waals surface area contributed by atoms with E-state index in [4.69, 9.17) is 5.73 Å². The van der Waals surface area contributed by atoms with E-state index in [0.717, 1.165) is 6.42 Å². The maximum atomic E-state index is 9.44. The van der Waals surface area contributed by atoms with Crippen LogP contribution < -0.4 is 5.73 Å². The molecule has 10 heavy (non-hydrogen) atoms. The highest BCUT2D eigenvalue weighted by Gasteiger charge is 2.32. The number of aliphatic hydroxyl groups excluding tert-OH is 1. The van der Waals surface area contributed by atoms with E-state index in [1.807, 2.05) is 13.8 Å². The van der Waals surface area contributed by atoms with E-state index in [1.165, 1.54) is 12.8 Å². The van der Waals surface area contributed by atoms with Crippen LogP contribution in [0.5, 0.6) is 0 Å². The molecule has 0 spiro atoms. The third-order valence-electron chi connectivity index (χ3n) is 1.90. The summed E-state index contributed by atoms with van der Waals surface area (Å²) in [5.74, 6) is 0.558. The van der Waals surface area contributed by atoms with Crippen molar-refractivity contribution < 1.29 is 5.11 Å². The van der Waals surface area contributed by atoms with Crippen molar-refractivity contribution in [3.63, 3.8) is 0 Å². The molecule has 3 N–H and O–H groups in total. The molecule has 0 aliphatic heterocycles. The van der Waals surface area contributed by atoms with Gasteiger partial charge in [-0.25, -0.2) is 0 Å². The van der Waals surface area contributed by atoms with Gasteiger partial charge in [0.15, 0.2) is 0 Å². The quantitative estimate of drug-likeness (QED) is 0.616. The van der Waals surface area contributed by atoms with Crippen LogP contribution >= 0.6 is 0 Å². The van der Waals surface area contributed by atoms with Crippen molar-refractivity contribution >= 4 is 0 Å². The molecule has 1 rings (SSSR count). The molecule has 60 valence electrons. The second-order valence-electron chi connectivity index (χ2n) is 4.10. The lowest BCUT2D eigenvalue weighted by Gasteiger charge is -2.21. The van der Waals surface area contributed by atoms with Gasteiger partial charge in [-0.05, 0) is 39.0 Å². The summed E-state index contributed by atoms with van der Waals surface area (Å²) in [6.45, 7) is 3.91. The Morgan fingerprint density at radius 1 is 1.60 bits per heavy atom. The number of nitrogens with two attached hydrogens (primary N) is 1. The van der Waals surface area contributed by atoms with Gasteiger partial charge in [-0.3, -0.25) is 0 Å². The van der Waals surface area contributed by atoms with Gasteiger partial charge in [-0.2, -0.15) is 0 Å². The molecule has 2 nitrogen and oxygen atoms in total. The van der Waals surface area contributed by atoms with Gasteiger partial charge < -0.3 is 10.8 Å². The van der Waals surface area contributed by atoms with E-state index >= 15 is 0 Å². The zero-order chi connectivity index (χ0) is 7.78. The van der Waals surface area contributed by atoms with Gasteiger partial charge in [0, 0.05) is 5.54 Å². The molecule has 2 heteroatoms. The summed E-state index contributed by atoms with van der Waals surface area (Å²) in [5.41, 5.74) is 5.54. The Kier molecular flexibility index (Phi) is 2.02. The summed E-state index contributed by atoms with van der Waals surface area (Å²) in [5, 5.41) is 9.44. The fraction of sp³-hybridized carbons (Fsp3) is 1.00. The molecule has 0 amide bonds. The van der Waals surface area contributed by atoms with E-state index in [0.29, 0.717) is 5.92 Å². The van der Waals surface area contributed by atoms with Crippen LogP contribution in [0.1, 0.15) is 33.1 Å². The summed E-state index contributed by atoms with van der Waals surface area (Å²) in [7, 11) is 0. The molecule has 1 saturated carbocycles. The van der Waals surface area contributed by atoms with Crippen LogP contribution in [0.2, 0.25) is 0 Å². The Morgan fingerprint density at radius 3 is 2.40 bits per heavy atom. The van der Waals surface area contributed by atoms with Gasteiger partial charge in [0.1, 0.15) is 0 Å². The van der Waals surface area contributed by atoms with Crippen LogP contribution in [0, 0.1) is 5.92 Å². The largest absolute Gasteiger partial charge is 0.393 e. The van der Waals surface area contributed by atoms with Crippen molar-refractivity contribution in [3.8, 4) is 0 Å². The van der Waals surface area contributed by atoms with Crippen LogP contribution in [-0.4, -0.2) is 16.7 Å². The minimum atomic E-state index is -0.206. The van der Waals surface area contributed by atoms with Crippen molar-refractivity contribution in [2.45, 2.75) is 44.8 Å². The molecule has 1 aliphatic carbocycles. The van der Waals surface area contributed by atoms with Crippen LogP contribution in [0.15, 0.2) is 0 Å². The van der Waals surface area contributed by atoms with Crippen LogP contribution in [0.25, 0.3) is 0 Å². The highest BCUT2D eigenvalue weighted by atomic mass is 16.3. The fourth-order valence-electron chi connectivity index (χ4n) is 1.19. The van der Waals surface area contributed by atoms with E-state index < -0.39 is 0 Å². The Balaban J connectivity index is 2.23. The molecule has 0 aromatic carbocycles. The van der Waals surface area contributed by atoms with Crippen molar-refractivity contribution in [2.24, 2.45) is 11.7 Å². The third-order valence-corrected chi connectivity index (χ3v) is 1.90. The molecule has 0 aromatic heterocycles. The van der Waals surface area contributed by atoms with Crippen molar-refractivity contribution in [1.82, 2.24) is 0 Å². The highest BCUT2D eigenvalue weighted by molar-refractivity contribution is 4.86. The van der Waals surface area contributed by atoms with Gasteiger partial charge in [-0.15, -0.1) is 0 Å². The molecular weight excluding hydrogens is 126 g/mol. The van der Waals surface area contributed by atoms with E-state index in [1.54, 1.807) is 0 Å². The first-order valence-corrected chi connectivity index (χ1v) is 3.96. The predicted molar refractivity (Wildman–Crippen MR) is 41.6 cm³/mol. The summed E-state index contributed by atoms with van der Waals surface area (Å²) in [6, 6.07) is 0. The minimum absolute atomic E-state index is 0.153. The number of rotatable bonds is 3. The maximum absolute atomic E-state index is 9.44. The molecule has 0 heterocycles. The summed E-state index contributed by atoms with van der Waals surface area (Å²) in [6.07, 6.45) is 2.96. The molecule has 0 radical (unpaired) electrons. The molecule has 1 atom stereocenters. The lowest BCUT2D eigenvalue weighted by molar-refractivity contribution is 0.119. The number of hydrogen-bond acceptors (Lipinski definition) is 2. The first-order valence-electron chi connectivity index (χ1n) is 3.96. The Morgan fingerprint density at radius 2 is 2.10 bits per heavy atom. The summed E-state index contributed by atoms with van der Waals surface area (Å²) in [4.78, 5) is 0. The fourth-order valence-corrected chi connectivity index (χ4v) is 1.19. The van der Waals surface area contributed by atoms with E-state index in [9.17, 15) is 5.11 Å². The Bertz CT molecular complexity index is 113. The average Bonchev–Trinajstić information content (AvgIpc) is 2.35. The summed E-state index contributed by atoms with van der Waals surface area (Å²) >= 11 is 0. The molecular formula is C8H17NO. The lowest BCUT2D eigenvalue weighted by Crippen LogP contribution is -2.36. The summed E-state index contributed by atoms with van der Waals surface area (Å²) < 4.78 is 0. The normalized spacial score (nSPS) is 22.8. The lowest BCUT2D eigenvalue weighted by atomic mass is 9.96. The maximum Gasteiger partial charge on any atom is 0.0585 e. The zero-order valence-electron chi connectivity index (χ0n) is 6.80. The van der Waals surface area contributed by atoms with Gasteiger partial charge in [0.2, 0.25) is 0 Å². The van der Waals surface area contributed by atoms with Crippen LogP contribution in [0.4, 0.5) is 0 Å². The third kappa shape index (κ3) is 2.67.